The Morgan fingerprint density at radius 2 is 1.91 bits per heavy atom. The zero-order chi connectivity index (χ0) is 16.1. The summed E-state index contributed by atoms with van der Waals surface area (Å²) in [5.41, 5.74) is 0. The van der Waals surface area contributed by atoms with E-state index in [0.29, 0.717) is 0 Å². The van der Waals surface area contributed by atoms with Crippen LogP contribution in [0.3, 0.4) is 0 Å². The maximum Gasteiger partial charge on any atom is 0.214 e. The molecule has 3 rings (SSSR count). The topological polar surface area (TPSA) is 118 Å². The molecule has 3 fully saturated rings. The third kappa shape index (κ3) is 2.55. The Hall–Kier alpha value is 0.260. The number of rotatable bonds is 4. The van der Waals surface area contributed by atoms with Gasteiger partial charge in [-0.25, -0.2) is 0 Å². The van der Waals surface area contributed by atoms with Gasteiger partial charge in [0.05, 0.1) is 24.5 Å². The van der Waals surface area contributed by atoms with Gasteiger partial charge in [0.15, 0.2) is 6.29 Å². The molecule has 3 aliphatic heterocycles. The number of alkyl halides is 2. The minimum atomic E-state index is -1.51. The van der Waals surface area contributed by atoms with Gasteiger partial charge >= 0.3 is 0 Å². The van der Waals surface area contributed by atoms with Crippen molar-refractivity contribution in [2.75, 3.05) is 19.1 Å². The lowest BCUT2D eigenvalue weighted by Crippen LogP contribution is -2.61. The molecule has 9 unspecified atom stereocenters. The highest BCUT2D eigenvalue weighted by atomic mass is 35.5. The Morgan fingerprint density at radius 1 is 1.18 bits per heavy atom. The Morgan fingerprint density at radius 3 is 2.41 bits per heavy atom. The van der Waals surface area contributed by atoms with E-state index in [4.69, 9.17) is 42.1 Å². The molecule has 0 aromatic heterocycles. The van der Waals surface area contributed by atoms with Crippen molar-refractivity contribution >= 4 is 23.2 Å². The molecule has 9 atom stereocenters. The highest BCUT2D eigenvalue weighted by Crippen LogP contribution is 2.42. The van der Waals surface area contributed by atoms with Crippen molar-refractivity contribution in [2.45, 2.75) is 54.1 Å². The third-order valence-corrected chi connectivity index (χ3v) is 5.13. The van der Waals surface area contributed by atoms with E-state index in [1.165, 1.54) is 0 Å². The Bertz CT molecular complexity index is 413. The van der Waals surface area contributed by atoms with E-state index in [0.717, 1.165) is 0 Å². The molecule has 0 amide bonds. The van der Waals surface area contributed by atoms with E-state index in [1.807, 2.05) is 0 Å². The molecule has 128 valence electrons. The van der Waals surface area contributed by atoms with Gasteiger partial charge in [0, 0.05) is 0 Å². The first-order valence-corrected chi connectivity index (χ1v) is 7.88. The number of halogens is 2. The van der Waals surface area contributed by atoms with Crippen LogP contribution in [0.5, 0.6) is 0 Å². The first kappa shape index (κ1) is 17.1. The molecule has 0 aromatic rings. The zero-order valence-corrected chi connectivity index (χ0v) is 12.9. The van der Waals surface area contributed by atoms with Crippen LogP contribution < -0.4 is 0 Å². The van der Waals surface area contributed by atoms with Gasteiger partial charge < -0.3 is 39.4 Å². The number of aliphatic hydroxyl groups is 4. The van der Waals surface area contributed by atoms with Crippen molar-refractivity contribution in [3.8, 4) is 0 Å². The van der Waals surface area contributed by atoms with Crippen molar-refractivity contribution < 1.29 is 39.4 Å². The third-order valence-electron chi connectivity index (χ3n) is 4.22. The lowest BCUT2D eigenvalue weighted by molar-refractivity contribution is -0.373. The fraction of sp³-hybridized carbons (Fsp3) is 1.00. The summed E-state index contributed by atoms with van der Waals surface area (Å²) >= 11 is 11.8. The van der Waals surface area contributed by atoms with Crippen molar-refractivity contribution in [1.82, 2.24) is 0 Å². The monoisotopic (exact) mass is 360 g/mol. The summed E-state index contributed by atoms with van der Waals surface area (Å²) in [5, 5.41) is 38.2. The number of ether oxygens (including phenoxy) is 4. The van der Waals surface area contributed by atoms with Crippen LogP contribution >= 0.6 is 23.2 Å². The fourth-order valence-electron chi connectivity index (χ4n) is 2.97. The van der Waals surface area contributed by atoms with Crippen LogP contribution in [0, 0.1) is 0 Å². The van der Waals surface area contributed by atoms with E-state index < -0.39 is 60.7 Å². The van der Waals surface area contributed by atoms with Crippen molar-refractivity contribution in [3.05, 3.63) is 0 Å². The van der Waals surface area contributed by atoms with Crippen LogP contribution in [0.4, 0.5) is 0 Å². The number of fused-ring (bicyclic) bond motifs is 2. The van der Waals surface area contributed by atoms with Gasteiger partial charge in [-0.15, -0.1) is 23.2 Å². The van der Waals surface area contributed by atoms with Crippen LogP contribution in [0.25, 0.3) is 0 Å². The standard InChI is InChI=1S/C12H18Cl2O8/c13-3-12(10-7(16)5(21-12)2-19-10)22-11-9(18)8(17)6(14)4(1-15)20-11/h4-11,15-18H,1-3H2. The summed E-state index contributed by atoms with van der Waals surface area (Å²) in [5.74, 6) is -1.68. The summed E-state index contributed by atoms with van der Waals surface area (Å²) in [4.78, 5) is 0. The predicted octanol–water partition coefficient (Wildman–Crippen LogP) is -1.86. The molecular formula is C12H18Cl2O8. The maximum absolute atomic E-state index is 10.1. The van der Waals surface area contributed by atoms with E-state index in [9.17, 15) is 20.4 Å². The van der Waals surface area contributed by atoms with Crippen molar-refractivity contribution in [2.24, 2.45) is 0 Å². The average molecular weight is 361 g/mol. The van der Waals surface area contributed by atoms with E-state index in [-0.39, 0.29) is 12.5 Å². The summed E-state index contributed by atoms with van der Waals surface area (Å²) < 4.78 is 22.0. The molecule has 8 nitrogen and oxygen atoms in total. The molecule has 3 heterocycles. The van der Waals surface area contributed by atoms with Gasteiger partial charge in [-0.1, -0.05) is 0 Å². The van der Waals surface area contributed by atoms with Crippen molar-refractivity contribution in [3.63, 3.8) is 0 Å². The zero-order valence-electron chi connectivity index (χ0n) is 11.4. The van der Waals surface area contributed by atoms with E-state index >= 15 is 0 Å². The molecule has 0 aromatic carbocycles. The van der Waals surface area contributed by atoms with Gasteiger partial charge in [-0.3, -0.25) is 0 Å². The quantitative estimate of drug-likeness (QED) is 0.431. The summed E-state index contributed by atoms with van der Waals surface area (Å²) in [7, 11) is 0. The van der Waals surface area contributed by atoms with E-state index in [1.54, 1.807) is 0 Å². The number of aliphatic hydroxyl groups excluding tert-OH is 4. The SMILES string of the molecule is OCC1OC(OC2(CCl)OC3COC2C3O)C(O)C(O)C1Cl. The smallest absolute Gasteiger partial charge is 0.214 e. The molecule has 3 aliphatic rings. The van der Waals surface area contributed by atoms with Gasteiger partial charge in [-0.05, 0) is 0 Å². The maximum atomic E-state index is 10.1. The number of hydrogen-bond donors (Lipinski definition) is 4. The summed E-state index contributed by atoms with van der Waals surface area (Å²) in [6, 6.07) is 0. The second-order valence-corrected chi connectivity index (χ2v) is 6.39. The van der Waals surface area contributed by atoms with Crippen LogP contribution in [0.1, 0.15) is 0 Å². The van der Waals surface area contributed by atoms with Crippen LogP contribution in [-0.2, 0) is 18.9 Å². The predicted molar refractivity (Wildman–Crippen MR) is 72.6 cm³/mol. The van der Waals surface area contributed by atoms with E-state index in [2.05, 4.69) is 0 Å². The van der Waals surface area contributed by atoms with Crippen molar-refractivity contribution in [1.29, 1.82) is 0 Å². The van der Waals surface area contributed by atoms with Gasteiger partial charge in [0.2, 0.25) is 5.79 Å². The Balaban J connectivity index is 1.76. The van der Waals surface area contributed by atoms with Crippen LogP contribution in [-0.4, -0.2) is 93.6 Å². The highest BCUT2D eigenvalue weighted by molar-refractivity contribution is 6.21. The molecule has 0 saturated carbocycles. The molecule has 3 saturated heterocycles. The van der Waals surface area contributed by atoms with Crippen LogP contribution in [0.15, 0.2) is 0 Å². The minimum Gasteiger partial charge on any atom is -0.394 e. The molecular weight excluding hydrogens is 343 g/mol. The second kappa shape index (κ2) is 6.29. The molecule has 0 aliphatic carbocycles. The molecule has 2 bridgehead atoms. The Kier molecular flexibility index (Phi) is 4.88. The minimum absolute atomic E-state index is 0.179. The Labute approximate surface area is 136 Å². The molecule has 10 heteroatoms. The second-order valence-electron chi connectivity index (χ2n) is 5.62. The molecule has 4 N–H and O–H groups in total. The lowest BCUT2D eigenvalue weighted by Gasteiger charge is -2.44. The lowest BCUT2D eigenvalue weighted by atomic mass is 10.0. The van der Waals surface area contributed by atoms with Gasteiger partial charge in [0.25, 0.3) is 0 Å². The first-order chi connectivity index (χ1) is 10.4. The fourth-order valence-corrected chi connectivity index (χ4v) is 3.54. The van der Waals surface area contributed by atoms with Gasteiger partial charge in [-0.2, -0.15) is 0 Å². The molecule has 22 heavy (non-hydrogen) atoms. The first-order valence-electron chi connectivity index (χ1n) is 6.91. The molecule has 0 radical (unpaired) electrons. The van der Waals surface area contributed by atoms with Gasteiger partial charge in [0.1, 0.15) is 36.6 Å². The average Bonchev–Trinajstić information content (AvgIpc) is 3.01. The summed E-state index contributed by atoms with van der Waals surface area (Å²) in [6.45, 7) is -0.245. The summed E-state index contributed by atoms with van der Waals surface area (Å²) in [6.07, 6.45) is -7.41. The highest BCUT2D eigenvalue weighted by Gasteiger charge is 2.62. The van der Waals surface area contributed by atoms with Crippen LogP contribution in [0.2, 0.25) is 0 Å². The normalized spacial score (nSPS) is 54.8. The number of hydrogen-bond acceptors (Lipinski definition) is 8. The molecule has 0 spiro atoms. The largest absolute Gasteiger partial charge is 0.394 e.